The van der Waals surface area contributed by atoms with E-state index in [1.165, 1.54) is 0 Å². The Hall–Kier alpha value is 0.877. The molecule has 0 atom stereocenters. The first-order valence-electron chi connectivity index (χ1n) is 0.447. The van der Waals surface area contributed by atoms with Crippen molar-refractivity contribution in [3.63, 3.8) is 0 Å². The third kappa shape index (κ3) is 52.5. The first-order chi connectivity index (χ1) is 1.00. The van der Waals surface area contributed by atoms with Crippen LogP contribution in [0.5, 0.6) is 0 Å². The zero-order valence-corrected chi connectivity index (χ0v) is 5.61. The van der Waals surface area contributed by atoms with Crippen molar-refractivity contribution >= 4 is 11.0 Å². The van der Waals surface area contributed by atoms with E-state index in [0.717, 1.165) is 7.11 Å². The van der Waals surface area contributed by atoms with Crippen molar-refractivity contribution in [2.75, 3.05) is 7.11 Å². The van der Waals surface area contributed by atoms with Crippen LogP contribution in [0.25, 0.3) is 0 Å². The molecule has 0 aliphatic rings. The zero-order chi connectivity index (χ0) is 2.00. The maximum absolute atomic E-state index is 7.00. The molecule has 4 heteroatoms. The molecule has 0 fully saturated rings. The van der Waals surface area contributed by atoms with Gasteiger partial charge in [0.2, 0.25) is 0 Å². The van der Waals surface area contributed by atoms with Gasteiger partial charge < -0.3 is 10.6 Å². The summed E-state index contributed by atoms with van der Waals surface area (Å²) in [6, 6.07) is 0. The Balaban J connectivity index is -0.00000000167. The molecule has 1 radical (unpaired) electrons. The average molecular weight is 263 g/mol. The van der Waals surface area contributed by atoms with Crippen molar-refractivity contribution in [2.24, 2.45) is 0 Å². The van der Waals surface area contributed by atoms with Gasteiger partial charge in [-0.15, -0.1) is 0 Å². The van der Waals surface area contributed by atoms with Crippen LogP contribution in [0.4, 0.5) is 0 Å². The summed E-state index contributed by atoms with van der Waals surface area (Å²) in [5.41, 5.74) is 0. The molecule has 0 saturated carbocycles. The van der Waals surface area contributed by atoms with Crippen LogP contribution in [0.1, 0.15) is 0 Å². The predicted octanol–water partition coefficient (Wildman–Crippen LogP) is -2.67. The van der Waals surface area contributed by atoms with Gasteiger partial charge in [0.15, 0.2) is 0 Å². The summed E-state index contributed by atoms with van der Waals surface area (Å²) in [4.78, 5) is 0. The fourth-order valence-electron chi connectivity index (χ4n) is 0. The minimum Gasteiger partial charge on any atom is -0.412 e. The van der Waals surface area contributed by atoms with Gasteiger partial charge in [0, 0.05) is 29.5 Å². The Morgan fingerprint density at radius 2 is 1.20 bits per heavy atom. The molecule has 0 rings (SSSR count). The van der Waals surface area contributed by atoms with E-state index in [9.17, 15) is 0 Å². The largest absolute Gasteiger partial charge is 0.412 e. The van der Waals surface area contributed by atoms with Crippen LogP contribution < -0.4 is 0 Å². The number of aliphatic hydroxyl groups excluding tert-OH is 1. The topological polar surface area (TPSA) is 51.7 Å². The summed E-state index contributed by atoms with van der Waals surface area (Å²) < 4.78 is 0. The molecule has 5 heavy (non-hydrogen) atoms. The number of rotatable bonds is 0. The number of aliphatic hydroxyl groups is 1. The van der Waals surface area contributed by atoms with Crippen LogP contribution in [0.2, 0.25) is 0 Å². The van der Waals surface area contributed by atoms with Crippen molar-refractivity contribution < 1.29 is 33.0 Å². The first kappa shape index (κ1) is 39.7. The van der Waals surface area contributed by atoms with Crippen LogP contribution in [0.3, 0.4) is 0 Å². The SMILES string of the molecule is CO.O.[SiH4].[Ta]. The normalized spacial score (nSPS) is 1.20. The molecule has 0 aromatic carbocycles. The molecular formula is CH10O2SiTa. The van der Waals surface area contributed by atoms with Crippen molar-refractivity contribution in [1.29, 1.82) is 0 Å². The van der Waals surface area contributed by atoms with E-state index in [4.69, 9.17) is 5.11 Å². The summed E-state index contributed by atoms with van der Waals surface area (Å²) in [5, 5.41) is 7.00. The fourth-order valence-corrected chi connectivity index (χ4v) is 0. The number of hydrogen-bond donors (Lipinski definition) is 1. The summed E-state index contributed by atoms with van der Waals surface area (Å²) >= 11 is 0. The average Bonchev–Trinajstić information content (AvgIpc) is 1.00. The minimum absolute atomic E-state index is 0. The van der Waals surface area contributed by atoms with Gasteiger partial charge in [0.25, 0.3) is 0 Å². The maximum Gasteiger partial charge on any atom is 0.0319 e. The van der Waals surface area contributed by atoms with Gasteiger partial charge in [-0.3, -0.25) is 0 Å². The van der Waals surface area contributed by atoms with Crippen LogP contribution in [-0.2, 0) is 22.4 Å². The van der Waals surface area contributed by atoms with Gasteiger partial charge in [0.05, 0.1) is 0 Å². The molecule has 0 aliphatic heterocycles. The fraction of sp³-hybridized carbons (Fsp3) is 1.00. The standard InChI is InChI=1S/CH4O.H2O.H4Si.Ta/c1-2;;;/h2H,1H3;1H2;1H4;. The quantitative estimate of drug-likeness (QED) is 0.476. The van der Waals surface area contributed by atoms with Crippen LogP contribution in [0.15, 0.2) is 0 Å². The first-order valence-corrected chi connectivity index (χ1v) is 0.447. The molecule has 0 bridgehead atoms. The van der Waals surface area contributed by atoms with Crippen molar-refractivity contribution in [3.8, 4) is 0 Å². The van der Waals surface area contributed by atoms with Crippen molar-refractivity contribution in [1.82, 2.24) is 0 Å². The Labute approximate surface area is 51.4 Å². The van der Waals surface area contributed by atoms with E-state index < -0.39 is 0 Å². The summed E-state index contributed by atoms with van der Waals surface area (Å²) in [7, 11) is 1.00. The summed E-state index contributed by atoms with van der Waals surface area (Å²) in [5.74, 6) is 0. The van der Waals surface area contributed by atoms with E-state index in [1.807, 2.05) is 0 Å². The molecule has 0 aromatic rings. The van der Waals surface area contributed by atoms with Crippen LogP contribution >= 0.6 is 0 Å². The second-order valence-corrected chi connectivity index (χ2v) is 0. The molecule has 0 amide bonds. The molecule has 0 saturated heterocycles. The zero-order valence-electron chi connectivity index (χ0n) is 2.39. The summed E-state index contributed by atoms with van der Waals surface area (Å²) in [6.45, 7) is 0. The molecule has 3 N–H and O–H groups in total. The molecule has 0 heterocycles. The van der Waals surface area contributed by atoms with Gasteiger partial charge >= 0.3 is 0 Å². The monoisotopic (exact) mass is 263 g/mol. The van der Waals surface area contributed by atoms with Gasteiger partial charge in [-0.2, -0.15) is 0 Å². The Morgan fingerprint density at radius 1 is 1.20 bits per heavy atom. The molecule has 2 nitrogen and oxygen atoms in total. The van der Waals surface area contributed by atoms with Crippen LogP contribution in [0, 0.1) is 0 Å². The predicted molar refractivity (Wildman–Crippen MR) is 23.1 cm³/mol. The number of hydrogen-bond acceptors (Lipinski definition) is 1. The van der Waals surface area contributed by atoms with E-state index in [1.54, 1.807) is 0 Å². The Morgan fingerprint density at radius 3 is 1.20 bits per heavy atom. The molecule has 35 valence electrons. The third-order valence-electron chi connectivity index (χ3n) is 0. The van der Waals surface area contributed by atoms with Gasteiger partial charge in [-0.25, -0.2) is 0 Å². The van der Waals surface area contributed by atoms with Gasteiger partial charge in [-0.05, 0) is 11.0 Å². The molecule has 0 unspecified atom stereocenters. The molecule has 0 aliphatic carbocycles. The van der Waals surface area contributed by atoms with Gasteiger partial charge in [0.1, 0.15) is 0 Å². The molecular weight excluding hydrogens is 253 g/mol. The second kappa shape index (κ2) is 95.3. The second-order valence-electron chi connectivity index (χ2n) is 0. The minimum atomic E-state index is 0. The van der Waals surface area contributed by atoms with E-state index in [2.05, 4.69) is 0 Å². The van der Waals surface area contributed by atoms with E-state index in [-0.39, 0.29) is 38.8 Å². The third-order valence-corrected chi connectivity index (χ3v) is 0. The van der Waals surface area contributed by atoms with Crippen molar-refractivity contribution in [2.45, 2.75) is 0 Å². The Bertz CT molecular complexity index is 9.61. The smallest absolute Gasteiger partial charge is 0.0319 e. The van der Waals surface area contributed by atoms with E-state index in [0.29, 0.717) is 0 Å². The van der Waals surface area contributed by atoms with Gasteiger partial charge in [-0.1, -0.05) is 0 Å². The van der Waals surface area contributed by atoms with Crippen LogP contribution in [-0.4, -0.2) is 28.7 Å². The van der Waals surface area contributed by atoms with E-state index >= 15 is 0 Å². The van der Waals surface area contributed by atoms with Crippen molar-refractivity contribution in [3.05, 3.63) is 0 Å². The summed E-state index contributed by atoms with van der Waals surface area (Å²) in [6.07, 6.45) is 0. The Kier molecular flexibility index (Phi) is 756. The molecule has 0 aromatic heterocycles. The molecule has 0 spiro atoms. The maximum atomic E-state index is 7.00.